The maximum atomic E-state index is 13.4. The number of halogens is 1. The van der Waals surface area contributed by atoms with Crippen LogP contribution in [0.5, 0.6) is 0 Å². The quantitative estimate of drug-likeness (QED) is 0.462. The smallest absolute Gasteiger partial charge is 0.255 e. The van der Waals surface area contributed by atoms with E-state index in [-0.39, 0.29) is 23.4 Å². The van der Waals surface area contributed by atoms with Crippen molar-refractivity contribution in [2.45, 2.75) is 18.5 Å². The lowest BCUT2D eigenvalue weighted by Crippen LogP contribution is -2.46. The predicted octanol–water partition coefficient (Wildman–Crippen LogP) is 3.15. The zero-order chi connectivity index (χ0) is 24.1. The van der Waals surface area contributed by atoms with Crippen LogP contribution >= 0.6 is 11.6 Å². The van der Waals surface area contributed by atoms with Gasteiger partial charge in [0.25, 0.3) is 11.5 Å². The molecule has 2 aliphatic rings. The number of fused-ring (bicyclic) bond motifs is 2. The molecule has 2 N–H and O–H groups in total. The van der Waals surface area contributed by atoms with Gasteiger partial charge < -0.3 is 10.3 Å². The Kier molecular flexibility index (Phi) is 5.20. The first-order valence-corrected chi connectivity index (χ1v) is 11.8. The van der Waals surface area contributed by atoms with Gasteiger partial charge in [-0.2, -0.15) is 0 Å². The second-order valence-electron chi connectivity index (χ2n) is 8.86. The molecule has 2 aromatic carbocycles. The van der Waals surface area contributed by atoms with Crippen molar-refractivity contribution in [3.63, 3.8) is 0 Å². The van der Waals surface area contributed by atoms with Gasteiger partial charge in [0.15, 0.2) is 0 Å². The van der Waals surface area contributed by atoms with Gasteiger partial charge in [-0.05, 0) is 48.9 Å². The third-order valence-corrected chi connectivity index (χ3v) is 7.13. The number of rotatable bonds is 4. The number of hydrogen-bond donors (Lipinski definition) is 2. The zero-order valence-corrected chi connectivity index (χ0v) is 19.4. The summed E-state index contributed by atoms with van der Waals surface area (Å²) in [5.74, 6) is -0.252. The number of nitrogens with one attached hydrogen (secondary N) is 2. The molecule has 2 fully saturated rings. The van der Waals surface area contributed by atoms with E-state index in [9.17, 15) is 14.4 Å². The van der Waals surface area contributed by atoms with Crippen LogP contribution in [-0.4, -0.2) is 51.6 Å². The molecule has 0 aliphatic carbocycles. The molecule has 2 amide bonds. The SMILES string of the molecule is O=C(N[C@@H]1CCN2CN(c3ccc(-n4ccccc4=O)cc3)C(=O)[C@H]12)c1ccc2c(Cl)c[nH]c2c1. The van der Waals surface area contributed by atoms with Crippen molar-refractivity contribution in [3.8, 4) is 5.69 Å². The van der Waals surface area contributed by atoms with E-state index < -0.39 is 6.04 Å². The van der Waals surface area contributed by atoms with Gasteiger partial charge in [0.2, 0.25) is 5.91 Å². The molecule has 6 rings (SSSR count). The number of aromatic nitrogens is 2. The molecule has 176 valence electrons. The third-order valence-electron chi connectivity index (χ3n) is 6.82. The Morgan fingerprint density at radius 2 is 1.83 bits per heavy atom. The molecule has 4 heterocycles. The topological polar surface area (TPSA) is 90.4 Å². The predicted molar refractivity (Wildman–Crippen MR) is 134 cm³/mol. The molecule has 0 radical (unpaired) electrons. The first-order valence-electron chi connectivity index (χ1n) is 11.4. The van der Waals surface area contributed by atoms with Gasteiger partial charge in [-0.3, -0.25) is 28.8 Å². The summed E-state index contributed by atoms with van der Waals surface area (Å²) in [7, 11) is 0. The van der Waals surface area contributed by atoms with Crippen LogP contribution in [0.3, 0.4) is 0 Å². The number of H-pyrrole nitrogens is 1. The van der Waals surface area contributed by atoms with Crippen LogP contribution < -0.4 is 15.8 Å². The maximum Gasteiger partial charge on any atom is 0.255 e. The number of benzene rings is 2. The number of pyridine rings is 1. The summed E-state index contributed by atoms with van der Waals surface area (Å²) in [6.45, 7) is 1.19. The monoisotopic (exact) mass is 487 g/mol. The number of carbonyl (C=O) groups excluding carboxylic acids is 2. The van der Waals surface area contributed by atoms with Crippen LogP contribution in [0.25, 0.3) is 16.6 Å². The van der Waals surface area contributed by atoms with Crippen LogP contribution in [0.4, 0.5) is 5.69 Å². The molecule has 2 atom stereocenters. The minimum absolute atomic E-state index is 0.0379. The van der Waals surface area contributed by atoms with Crippen LogP contribution in [0.15, 0.2) is 77.9 Å². The number of carbonyl (C=O) groups is 2. The molecule has 0 spiro atoms. The van der Waals surface area contributed by atoms with Crippen molar-refractivity contribution in [1.82, 2.24) is 19.8 Å². The fraction of sp³-hybridized carbons (Fsp3) is 0.192. The summed E-state index contributed by atoms with van der Waals surface area (Å²) in [5, 5.41) is 4.54. The maximum absolute atomic E-state index is 13.4. The molecule has 4 aromatic rings. The summed E-state index contributed by atoms with van der Waals surface area (Å²) in [5.41, 5.74) is 2.69. The van der Waals surface area contributed by atoms with Gasteiger partial charge in [-0.1, -0.05) is 23.7 Å². The number of anilines is 1. The molecule has 9 heteroatoms. The Morgan fingerprint density at radius 1 is 1.03 bits per heavy atom. The summed E-state index contributed by atoms with van der Waals surface area (Å²) < 4.78 is 1.55. The van der Waals surface area contributed by atoms with Crippen LogP contribution in [0.2, 0.25) is 5.02 Å². The average molecular weight is 488 g/mol. The van der Waals surface area contributed by atoms with Gasteiger partial charge in [-0.25, -0.2) is 0 Å². The second kappa shape index (κ2) is 8.41. The molecular formula is C26H22ClN5O3. The van der Waals surface area contributed by atoms with Crippen molar-refractivity contribution in [2.75, 3.05) is 18.1 Å². The van der Waals surface area contributed by atoms with E-state index in [1.165, 1.54) is 6.07 Å². The van der Waals surface area contributed by atoms with Crippen molar-refractivity contribution in [2.24, 2.45) is 0 Å². The van der Waals surface area contributed by atoms with Crippen molar-refractivity contribution < 1.29 is 9.59 Å². The standard InChI is InChI=1S/C26H22ClN5O3/c27-20-14-28-22-13-16(4-9-19(20)22)25(34)29-21-10-12-30-15-32(26(35)24(21)30)18-7-5-17(6-8-18)31-11-2-1-3-23(31)33/h1-9,11,13-14,21,24,28H,10,12,15H2,(H,29,34)/t21-,24+/m1/s1. The Balaban J connectivity index is 1.18. The highest BCUT2D eigenvalue weighted by Gasteiger charge is 2.48. The molecule has 2 saturated heterocycles. The fourth-order valence-electron chi connectivity index (χ4n) is 5.03. The number of hydrogen-bond acceptors (Lipinski definition) is 4. The first-order chi connectivity index (χ1) is 17.0. The summed E-state index contributed by atoms with van der Waals surface area (Å²) in [4.78, 5) is 45.3. The molecule has 2 aromatic heterocycles. The number of nitrogens with zero attached hydrogens (tertiary/aromatic N) is 3. The van der Waals surface area contributed by atoms with Crippen molar-refractivity contribution >= 4 is 40.0 Å². The van der Waals surface area contributed by atoms with Gasteiger partial charge in [0.1, 0.15) is 6.04 Å². The van der Waals surface area contributed by atoms with E-state index in [1.54, 1.807) is 46.1 Å². The van der Waals surface area contributed by atoms with E-state index in [1.807, 2.05) is 30.3 Å². The molecule has 0 saturated carbocycles. The number of aromatic amines is 1. The van der Waals surface area contributed by atoms with Crippen molar-refractivity contribution in [1.29, 1.82) is 0 Å². The van der Waals surface area contributed by atoms with Crippen LogP contribution in [0.1, 0.15) is 16.8 Å². The Hall–Kier alpha value is -3.88. The van der Waals surface area contributed by atoms with Crippen LogP contribution in [-0.2, 0) is 4.79 Å². The Labute approximate surface area is 205 Å². The molecule has 8 nitrogen and oxygen atoms in total. The van der Waals surface area contributed by atoms with E-state index in [0.717, 1.165) is 28.8 Å². The lowest BCUT2D eigenvalue weighted by molar-refractivity contribution is -0.119. The van der Waals surface area contributed by atoms with Gasteiger partial charge in [-0.15, -0.1) is 0 Å². The van der Waals surface area contributed by atoms with Crippen LogP contribution in [0, 0.1) is 0 Å². The zero-order valence-electron chi connectivity index (χ0n) is 18.6. The fourth-order valence-corrected chi connectivity index (χ4v) is 5.25. The average Bonchev–Trinajstić information content (AvgIpc) is 3.54. The highest BCUT2D eigenvalue weighted by atomic mass is 35.5. The summed E-state index contributed by atoms with van der Waals surface area (Å²) >= 11 is 6.14. The molecule has 2 aliphatic heterocycles. The highest BCUT2D eigenvalue weighted by Crippen LogP contribution is 2.31. The number of amides is 2. The molecule has 35 heavy (non-hydrogen) atoms. The van der Waals surface area contributed by atoms with Gasteiger partial charge in [0.05, 0.1) is 17.7 Å². The van der Waals surface area contributed by atoms with E-state index >= 15 is 0 Å². The minimum atomic E-state index is -0.404. The van der Waals surface area contributed by atoms with Gasteiger partial charge >= 0.3 is 0 Å². The lowest BCUT2D eigenvalue weighted by atomic mass is 10.1. The largest absolute Gasteiger partial charge is 0.360 e. The second-order valence-corrected chi connectivity index (χ2v) is 9.26. The molecule has 0 bridgehead atoms. The molecular weight excluding hydrogens is 466 g/mol. The first kappa shape index (κ1) is 21.6. The summed E-state index contributed by atoms with van der Waals surface area (Å²) in [6, 6.07) is 17.0. The van der Waals surface area contributed by atoms with E-state index in [0.29, 0.717) is 23.7 Å². The minimum Gasteiger partial charge on any atom is -0.360 e. The third kappa shape index (κ3) is 3.71. The lowest BCUT2D eigenvalue weighted by Gasteiger charge is -2.20. The summed E-state index contributed by atoms with van der Waals surface area (Å²) in [6.07, 6.45) is 4.12. The highest BCUT2D eigenvalue weighted by molar-refractivity contribution is 6.35. The molecule has 0 unspecified atom stereocenters. The Morgan fingerprint density at radius 3 is 2.63 bits per heavy atom. The van der Waals surface area contributed by atoms with Gasteiger partial charge in [0, 0.05) is 52.8 Å². The van der Waals surface area contributed by atoms with Crippen molar-refractivity contribution in [3.05, 3.63) is 94.0 Å². The Bertz CT molecular complexity index is 1510. The normalized spacial score (nSPS) is 19.9. The van der Waals surface area contributed by atoms with E-state index in [4.69, 9.17) is 11.6 Å². The van der Waals surface area contributed by atoms with E-state index in [2.05, 4.69) is 15.2 Å².